The van der Waals surface area contributed by atoms with Crippen molar-refractivity contribution in [1.29, 1.82) is 0 Å². The lowest BCUT2D eigenvalue weighted by molar-refractivity contribution is -0.122. The topological polar surface area (TPSA) is 29.1 Å². The van der Waals surface area contributed by atoms with E-state index in [2.05, 4.69) is 43.4 Å². The van der Waals surface area contributed by atoms with Crippen molar-refractivity contribution in [3.05, 3.63) is 35.9 Å². The fourth-order valence-corrected chi connectivity index (χ4v) is 2.87. The average Bonchev–Trinajstić information content (AvgIpc) is 3.29. The highest BCUT2D eigenvalue weighted by Crippen LogP contribution is 2.47. The van der Waals surface area contributed by atoms with Crippen LogP contribution in [0.15, 0.2) is 30.3 Å². The normalized spacial score (nSPS) is 22.3. The van der Waals surface area contributed by atoms with Crippen LogP contribution in [0.25, 0.3) is 0 Å². The van der Waals surface area contributed by atoms with Crippen LogP contribution < -0.4 is 5.32 Å². The minimum Gasteiger partial charge on any atom is -0.356 e. The zero-order valence-corrected chi connectivity index (χ0v) is 12.8. The second-order valence-corrected chi connectivity index (χ2v) is 6.02. The maximum Gasteiger partial charge on any atom is 0.223 e. The van der Waals surface area contributed by atoms with E-state index >= 15 is 0 Å². The van der Waals surface area contributed by atoms with E-state index < -0.39 is 0 Å². The Labute approximate surface area is 123 Å². The van der Waals surface area contributed by atoms with E-state index in [1.54, 1.807) is 0 Å². The fraction of sp³-hybridized carbons (Fsp3) is 0.611. The molecule has 0 radical (unpaired) electrons. The highest BCUT2D eigenvalue weighted by atomic mass is 16.2. The van der Waals surface area contributed by atoms with Gasteiger partial charge in [-0.3, -0.25) is 4.79 Å². The van der Waals surface area contributed by atoms with E-state index in [9.17, 15) is 4.79 Å². The molecule has 1 aliphatic rings. The molecule has 0 aliphatic heterocycles. The Kier molecular flexibility index (Phi) is 5.63. The summed E-state index contributed by atoms with van der Waals surface area (Å²) in [6, 6.07) is 10.4. The first-order valence-corrected chi connectivity index (χ1v) is 8.08. The fourth-order valence-electron chi connectivity index (χ4n) is 2.87. The van der Waals surface area contributed by atoms with Gasteiger partial charge in [-0.05, 0) is 30.2 Å². The number of unbranched alkanes of at least 4 members (excludes halogenated alkanes) is 1. The highest BCUT2D eigenvalue weighted by Gasteiger charge is 2.43. The van der Waals surface area contributed by atoms with Gasteiger partial charge >= 0.3 is 0 Å². The van der Waals surface area contributed by atoms with Gasteiger partial charge in [0.2, 0.25) is 5.91 Å². The summed E-state index contributed by atoms with van der Waals surface area (Å²) >= 11 is 0. The number of carbonyl (C=O) groups is 1. The number of amides is 1. The Hall–Kier alpha value is -1.31. The van der Waals surface area contributed by atoms with Crippen LogP contribution in [-0.4, -0.2) is 12.5 Å². The standard InChI is InChI=1S/C18H27NO/c1-3-5-9-14(4-2)13-19-18(20)17-12-16(17)15-10-7-6-8-11-15/h6-8,10-11,14,16-17H,3-5,9,12-13H2,1-2H3,(H,19,20). The summed E-state index contributed by atoms with van der Waals surface area (Å²) in [6.07, 6.45) is 5.92. The van der Waals surface area contributed by atoms with Gasteiger partial charge in [0.05, 0.1) is 0 Å². The molecule has 0 aromatic heterocycles. The van der Waals surface area contributed by atoms with Gasteiger partial charge in [-0.25, -0.2) is 0 Å². The molecule has 1 amide bonds. The molecular formula is C18H27NO. The molecule has 3 unspecified atom stereocenters. The van der Waals surface area contributed by atoms with Crippen LogP contribution >= 0.6 is 0 Å². The maximum absolute atomic E-state index is 12.2. The first-order chi connectivity index (χ1) is 9.76. The van der Waals surface area contributed by atoms with Gasteiger partial charge in [-0.2, -0.15) is 0 Å². The largest absolute Gasteiger partial charge is 0.356 e. The molecule has 2 heteroatoms. The van der Waals surface area contributed by atoms with Gasteiger partial charge in [0.25, 0.3) is 0 Å². The van der Waals surface area contributed by atoms with Gasteiger partial charge in [0.1, 0.15) is 0 Å². The maximum atomic E-state index is 12.2. The molecule has 0 spiro atoms. The van der Waals surface area contributed by atoms with Crippen molar-refractivity contribution < 1.29 is 4.79 Å². The van der Waals surface area contributed by atoms with E-state index in [1.165, 1.54) is 24.8 Å². The molecule has 110 valence electrons. The first kappa shape index (κ1) is 15.1. The van der Waals surface area contributed by atoms with E-state index in [0.29, 0.717) is 11.8 Å². The molecule has 2 rings (SSSR count). The number of rotatable bonds is 8. The van der Waals surface area contributed by atoms with Gasteiger partial charge in [-0.1, -0.05) is 63.4 Å². The molecule has 0 bridgehead atoms. The van der Waals surface area contributed by atoms with Crippen molar-refractivity contribution in [2.45, 2.75) is 51.9 Å². The number of hydrogen-bond acceptors (Lipinski definition) is 1. The Morgan fingerprint density at radius 3 is 2.70 bits per heavy atom. The second kappa shape index (κ2) is 7.47. The van der Waals surface area contributed by atoms with Crippen LogP contribution in [0.4, 0.5) is 0 Å². The molecule has 1 fully saturated rings. The third kappa shape index (κ3) is 4.09. The minimum atomic E-state index is 0.209. The number of benzene rings is 1. The molecule has 1 N–H and O–H groups in total. The third-order valence-corrected chi connectivity index (χ3v) is 4.46. The second-order valence-electron chi connectivity index (χ2n) is 6.02. The molecule has 1 aliphatic carbocycles. The monoisotopic (exact) mass is 273 g/mol. The van der Waals surface area contributed by atoms with E-state index in [-0.39, 0.29) is 11.8 Å². The summed E-state index contributed by atoms with van der Waals surface area (Å²) in [4.78, 5) is 12.2. The van der Waals surface area contributed by atoms with Crippen molar-refractivity contribution in [2.24, 2.45) is 11.8 Å². The van der Waals surface area contributed by atoms with Crippen molar-refractivity contribution >= 4 is 5.91 Å². The lowest BCUT2D eigenvalue weighted by Gasteiger charge is -2.15. The van der Waals surface area contributed by atoms with Crippen molar-refractivity contribution in [2.75, 3.05) is 6.54 Å². The van der Waals surface area contributed by atoms with Crippen LogP contribution in [0.1, 0.15) is 57.4 Å². The lowest BCUT2D eigenvalue weighted by Crippen LogP contribution is -2.30. The number of carbonyl (C=O) groups excluding carboxylic acids is 1. The highest BCUT2D eigenvalue weighted by molar-refractivity contribution is 5.82. The van der Waals surface area contributed by atoms with E-state index in [1.807, 2.05) is 6.07 Å². The van der Waals surface area contributed by atoms with Crippen LogP contribution in [0.5, 0.6) is 0 Å². The van der Waals surface area contributed by atoms with Crippen LogP contribution in [0.2, 0.25) is 0 Å². The average molecular weight is 273 g/mol. The van der Waals surface area contributed by atoms with Crippen LogP contribution in [0.3, 0.4) is 0 Å². The SMILES string of the molecule is CCCCC(CC)CNC(=O)C1CC1c1ccccc1. The summed E-state index contributed by atoms with van der Waals surface area (Å²) in [5.41, 5.74) is 1.31. The van der Waals surface area contributed by atoms with Crippen LogP contribution in [-0.2, 0) is 4.79 Å². The molecule has 0 heterocycles. The summed E-state index contributed by atoms with van der Waals surface area (Å²) < 4.78 is 0. The van der Waals surface area contributed by atoms with Gasteiger partial charge < -0.3 is 5.32 Å². The Morgan fingerprint density at radius 1 is 1.30 bits per heavy atom. The van der Waals surface area contributed by atoms with Gasteiger partial charge in [-0.15, -0.1) is 0 Å². The Bertz CT molecular complexity index is 415. The van der Waals surface area contributed by atoms with E-state index in [4.69, 9.17) is 0 Å². The smallest absolute Gasteiger partial charge is 0.223 e. The zero-order chi connectivity index (χ0) is 14.4. The summed E-state index contributed by atoms with van der Waals surface area (Å²) in [5, 5.41) is 3.17. The predicted octanol–water partition coefficient (Wildman–Crippen LogP) is 4.12. The summed E-state index contributed by atoms with van der Waals surface area (Å²) in [6.45, 7) is 5.30. The quantitative estimate of drug-likeness (QED) is 0.758. The third-order valence-electron chi connectivity index (χ3n) is 4.46. The van der Waals surface area contributed by atoms with Gasteiger partial charge in [0.15, 0.2) is 0 Å². The summed E-state index contributed by atoms with van der Waals surface area (Å²) in [5.74, 6) is 1.56. The molecule has 1 aromatic rings. The molecule has 0 saturated heterocycles. The zero-order valence-electron chi connectivity index (χ0n) is 12.8. The first-order valence-electron chi connectivity index (χ1n) is 8.08. The van der Waals surface area contributed by atoms with Gasteiger partial charge in [0, 0.05) is 12.5 Å². The molecule has 20 heavy (non-hydrogen) atoms. The Balaban J connectivity index is 1.74. The molecular weight excluding hydrogens is 246 g/mol. The molecule has 1 aromatic carbocycles. The molecule has 1 saturated carbocycles. The van der Waals surface area contributed by atoms with Crippen molar-refractivity contribution in [1.82, 2.24) is 5.32 Å². The van der Waals surface area contributed by atoms with Crippen molar-refractivity contribution in [3.8, 4) is 0 Å². The summed E-state index contributed by atoms with van der Waals surface area (Å²) in [7, 11) is 0. The number of nitrogens with one attached hydrogen (secondary N) is 1. The van der Waals surface area contributed by atoms with Crippen LogP contribution in [0, 0.1) is 11.8 Å². The Morgan fingerprint density at radius 2 is 2.05 bits per heavy atom. The molecule has 2 nitrogen and oxygen atoms in total. The lowest BCUT2D eigenvalue weighted by atomic mass is 9.99. The van der Waals surface area contributed by atoms with Crippen molar-refractivity contribution in [3.63, 3.8) is 0 Å². The predicted molar refractivity (Wildman–Crippen MR) is 83.6 cm³/mol. The number of hydrogen-bond donors (Lipinski definition) is 1. The van der Waals surface area contributed by atoms with E-state index in [0.717, 1.165) is 19.4 Å². The molecule has 3 atom stereocenters. The minimum absolute atomic E-state index is 0.209.